The molecule has 1 N–H and O–H groups in total. The monoisotopic (exact) mass is 322 g/mol. The summed E-state index contributed by atoms with van der Waals surface area (Å²) in [6.07, 6.45) is 2.79. The third kappa shape index (κ3) is 8.03. The molecule has 0 heterocycles. The van der Waals surface area contributed by atoms with Crippen molar-refractivity contribution < 1.29 is 19.4 Å². The Morgan fingerprint density at radius 3 is 2.57 bits per heavy atom. The molecule has 4 nitrogen and oxygen atoms in total. The number of ether oxygens (including phenoxy) is 2. The van der Waals surface area contributed by atoms with Crippen LogP contribution in [0.5, 0.6) is 5.75 Å². The molecule has 4 heteroatoms. The van der Waals surface area contributed by atoms with E-state index < -0.39 is 11.7 Å². The van der Waals surface area contributed by atoms with Crippen molar-refractivity contribution in [2.75, 3.05) is 0 Å². The van der Waals surface area contributed by atoms with E-state index in [1.54, 1.807) is 18.2 Å². The molecule has 0 bridgehead atoms. The van der Waals surface area contributed by atoms with Gasteiger partial charge in [-0.1, -0.05) is 31.9 Å². The van der Waals surface area contributed by atoms with E-state index in [9.17, 15) is 9.90 Å². The quantitative estimate of drug-likeness (QED) is 0.727. The van der Waals surface area contributed by atoms with Crippen LogP contribution in [0.15, 0.2) is 24.3 Å². The molecule has 0 aliphatic carbocycles. The number of phenols is 1. The third-order valence-electron chi connectivity index (χ3n) is 3.36. The van der Waals surface area contributed by atoms with E-state index in [0.717, 1.165) is 24.8 Å². The zero-order valence-electron chi connectivity index (χ0n) is 15.0. The lowest BCUT2D eigenvalue weighted by Gasteiger charge is -2.26. The molecule has 0 radical (unpaired) electrons. The first-order chi connectivity index (χ1) is 10.7. The molecule has 1 rings (SSSR count). The normalized spacial score (nSPS) is 14.3. The van der Waals surface area contributed by atoms with Crippen molar-refractivity contribution in [2.24, 2.45) is 0 Å². The van der Waals surface area contributed by atoms with Gasteiger partial charge in [0.05, 0.1) is 6.10 Å². The van der Waals surface area contributed by atoms with Gasteiger partial charge >= 0.3 is 5.97 Å². The Kier molecular flexibility index (Phi) is 7.56. The van der Waals surface area contributed by atoms with Crippen LogP contribution in [0, 0.1) is 0 Å². The Morgan fingerprint density at radius 1 is 1.30 bits per heavy atom. The molecule has 0 saturated heterocycles. The minimum Gasteiger partial charge on any atom is -0.508 e. The zero-order chi connectivity index (χ0) is 17.5. The molecule has 0 aliphatic rings. The fourth-order valence-electron chi connectivity index (χ4n) is 2.29. The Morgan fingerprint density at radius 2 is 2.00 bits per heavy atom. The molecule has 23 heavy (non-hydrogen) atoms. The van der Waals surface area contributed by atoms with Crippen LogP contribution >= 0.6 is 0 Å². The SMILES string of the molecule is CCCCC(C)OC(Cc1cccc(O)c1)C(=O)OC(C)(C)C. The number of benzene rings is 1. The number of unbranched alkanes of at least 4 members (excludes halogenated alkanes) is 1. The number of aromatic hydroxyl groups is 1. The number of hydrogen-bond acceptors (Lipinski definition) is 4. The van der Waals surface area contributed by atoms with E-state index in [4.69, 9.17) is 9.47 Å². The van der Waals surface area contributed by atoms with Gasteiger partial charge in [-0.3, -0.25) is 0 Å². The van der Waals surface area contributed by atoms with Gasteiger partial charge in [-0.05, 0) is 51.8 Å². The minimum atomic E-state index is -0.664. The van der Waals surface area contributed by atoms with Gasteiger partial charge in [-0.15, -0.1) is 0 Å². The van der Waals surface area contributed by atoms with E-state index in [1.165, 1.54) is 0 Å². The van der Waals surface area contributed by atoms with E-state index in [1.807, 2.05) is 33.8 Å². The molecule has 0 aliphatic heterocycles. The maximum atomic E-state index is 12.4. The Hall–Kier alpha value is -1.55. The third-order valence-corrected chi connectivity index (χ3v) is 3.36. The number of rotatable bonds is 8. The van der Waals surface area contributed by atoms with Gasteiger partial charge in [-0.25, -0.2) is 4.79 Å². The first-order valence-corrected chi connectivity index (χ1v) is 8.37. The smallest absolute Gasteiger partial charge is 0.336 e. The molecule has 0 saturated carbocycles. The highest BCUT2D eigenvalue weighted by atomic mass is 16.6. The van der Waals surface area contributed by atoms with Gasteiger partial charge in [0.25, 0.3) is 0 Å². The van der Waals surface area contributed by atoms with Gasteiger partial charge in [-0.2, -0.15) is 0 Å². The van der Waals surface area contributed by atoms with E-state index in [2.05, 4.69) is 6.92 Å². The van der Waals surface area contributed by atoms with Crippen LogP contribution in [-0.4, -0.2) is 28.9 Å². The minimum absolute atomic E-state index is 0.00947. The molecule has 0 aromatic heterocycles. The Labute approximate surface area is 139 Å². The number of carbonyl (C=O) groups is 1. The van der Waals surface area contributed by atoms with Crippen molar-refractivity contribution in [3.63, 3.8) is 0 Å². The topological polar surface area (TPSA) is 55.8 Å². The predicted molar refractivity (Wildman–Crippen MR) is 91.5 cm³/mol. The van der Waals surface area contributed by atoms with Crippen LogP contribution in [-0.2, 0) is 20.7 Å². The first kappa shape index (κ1) is 19.5. The summed E-state index contributed by atoms with van der Waals surface area (Å²) in [5.74, 6) is -0.173. The van der Waals surface area contributed by atoms with Gasteiger partial charge < -0.3 is 14.6 Å². The average molecular weight is 322 g/mol. The fraction of sp³-hybridized carbons (Fsp3) is 0.632. The lowest BCUT2D eigenvalue weighted by Crippen LogP contribution is -2.36. The highest BCUT2D eigenvalue weighted by Crippen LogP contribution is 2.18. The standard InChI is InChI=1S/C19H30O4/c1-6-7-9-14(2)22-17(18(21)23-19(3,4)5)13-15-10-8-11-16(20)12-15/h8,10-12,14,17,20H,6-7,9,13H2,1-5H3. The molecule has 0 amide bonds. The maximum Gasteiger partial charge on any atom is 0.336 e. The van der Waals surface area contributed by atoms with Crippen molar-refractivity contribution in [2.45, 2.75) is 78.1 Å². The Bertz CT molecular complexity index is 490. The van der Waals surface area contributed by atoms with Gasteiger partial charge in [0, 0.05) is 6.42 Å². The second kappa shape index (κ2) is 8.92. The molecule has 1 aromatic carbocycles. The van der Waals surface area contributed by atoms with E-state index in [0.29, 0.717) is 6.42 Å². The van der Waals surface area contributed by atoms with E-state index in [-0.39, 0.29) is 17.8 Å². The zero-order valence-corrected chi connectivity index (χ0v) is 15.0. The van der Waals surface area contributed by atoms with Gasteiger partial charge in [0.2, 0.25) is 0 Å². The number of carbonyl (C=O) groups excluding carboxylic acids is 1. The largest absolute Gasteiger partial charge is 0.508 e. The molecule has 2 unspecified atom stereocenters. The second-order valence-electron chi connectivity index (χ2n) is 6.99. The molecule has 1 aromatic rings. The highest BCUT2D eigenvalue weighted by Gasteiger charge is 2.27. The molecule has 0 spiro atoms. The molecular weight excluding hydrogens is 292 g/mol. The van der Waals surface area contributed by atoms with Crippen LogP contribution in [0.4, 0.5) is 0 Å². The molecule has 130 valence electrons. The second-order valence-corrected chi connectivity index (χ2v) is 6.99. The molecule has 2 atom stereocenters. The van der Waals surface area contributed by atoms with Crippen LogP contribution in [0.3, 0.4) is 0 Å². The predicted octanol–water partition coefficient (Wildman–Crippen LogP) is 4.24. The molecular formula is C19H30O4. The maximum absolute atomic E-state index is 12.4. The molecule has 0 fully saturated rings. The fourth-order valence-corrected chi connectivity index (χ4v) is 2.29. The lowest BCUT2D eigenvalue weighted by molar-refractivity contribution is -0.172. The highest BCUT2D eigenvalue weighted by molar-refractivity contribution is 5.75. The van der Waals surface area contributed by atoms with Crippen LogP contribution in [0.25, 0.3) is 0 Å². The van der Waals surface area contributed by atoms with Crippen molar-refractivity contribution >= 4 is 5.97 Å². The van der Waals surface area contributed by atoms with Crippen LogP contribution in [0.2, 0.25) is 0 Å². The number of phenolic OH excluding ortho intramolecular Hbond substituents is 1. The van der Waals surface area contributed by atoms with E-state index >= 15 is 0 Å². The van der Waals surface area contributed by atoms with Crippen LogP contribution in [0.1, 0.15) is 59.4 Å². The van der Waals surface area contributed by atoms with Gasteiger partial charge in [0.1, 0.15) is 11.4 Å². The van der Waals surface area contributed by atoms with Crippen LogP contribution < -0.4 is 0 Å². The summed E-state index contributed by atoms with van der Waals surface area (Å²) in [5.41, 5.74) is 0.299. The number of hydrogen-bond donors (Lipinski definition) is 1. The summed E-state index contributed by atoms with van der Waals surface area (Å²) < 4.78 is 11.4. The van der Waals surface area contributed by atoms with Crippen molar-refractivity contribution in [1.82, 2.24) is 0 Å². The van der Waals surface area contributed by atoms with Crippen molar-refractivity contribution in [3.8, 4) is 5.75 Å². The summed E-state index contributed by atoms with van der Waals surface area (Å²) in [7, 11) is 0. The summed E-state index contributed by atoms with van der Waals surface area (Å²) >= 11 is 0. The summed E-state index contributed by atoms with van der Waals surface area (Å²) in [6.45, 7) is 9.64. The number of esters is 1. The summed E-state index contributed by atoms with van der Waals surface area (Å²) in [4.78, 5) is 12.4. The first-order valence-electron chi connectivity index (χ1n) is 8.37. The van der Waals surface area contributed by atoms with Gasteiger partial charge in [0.15, 0.2) is 6.10 Å². The van der Waals surface area contributed by atoms with Crippen molar-refractivity contribution in [3.05, 3.63) is 29.8 Å². The Balaban J connectivity index is 2.80. The summed E-state index contributed by atoms with van der Waals surface area (Å²) in [6, 6.07) is 6.89. The summed E-state index contributed by atoms with van der Waals surface area (Å²) in [5, 5.41) is 9.59. The van der Waals surface area contributed by atoms with Crippen molar-refractivity contribution in [1.29, 1.82) is 0 Å². The average Bonchev–Trinajstić information content (AvgIpc) is 2.42. The lowest BCUT2D eigenvalue weighted by atomic mass is 10.1.